The maximum absolute atomic E-state index is 12.6. The van der Waals surface area contributed by atoms with Crippen molar-refractivity contribution in [1.82, 2.24) is 14.6 Å². The monoisotopic (exact) mass is 312 g/mol. The zero-order chi connectivity index (χ0) is 15.7. The van der Waals surface area contributed by atoms with Gasteiger partial charge in [0.15, 0.2) is 11.5 Å². The van der Waals surface area contributed by atoms with Crippen LogP contribution in [0.15, 0.2) is 18.5 Å². The van der Waals surface area contributed by atoms with Crippen molar-refractivity contribution >= 4 is 11.3 Å². The largest absolute Gasteiger partial charge is 0.435 e. The van der Waals surface area contributed by atoms with Crippen molar-refractivity contribution in [2.75, 3.05) is 11.9 Å². The molecule has 0 aliphatic heterocycles. The smallest absolute Gasteiger partial charge is 0.368 e. The third-order valence-electron chi connectivity index (χ3n) is 2.61. The molecule has 0 atom stereocenters. The van der Waals surface area contributed by atoms with Crippen LogP contribution in [-0.4, -0.2) is 27.3 Å². The first-order valence-electron chi connectivity index (χ1n) is 5.89. The molecule has 0 saturated carbocycles. The van der Waals surface area contributed by atoms with Gasteiger partial charge in [-0.05, 0) is 6.42 Å². The Morgan fingerprint density at radius 1 is 1.14 bits per heavy atom. The fourth-order valence-electron chi connectivity index (χ4n) is 1.69. The summed E-state index contributed by atoms with van der Waals surface area (Å²) in [6.07, 6.45) is -7.60. The lowest BCUT2D eigenvalue weighted by molar-refractivity contribution is -0.141. The van der Waals surface area contributed by atoms with Gasteiger partial charge in [-0.1, -0.05) is 0 Å². The minimum atomic E-state index is -4.60. The molecule has 1 N–H and O–H groups in total. The van der Waals surface area contributed by atoms with E-state index in [2.05, 4.69) is 15.4 Å². The van der Waals surface area contributed by atoms with Gasteiger partial charge in [-0.15, -0.1) is 0 Å². The molecule has 2 rings (SSSR count). The van der Waals surface area contributed by atoms with Crippen LogP contribution in [-0.2, 0) is 6.18 Å². The number of nitrogens with one attached hydrogen (secondary N) is 1. The Morgan fingerprint density at radius 3 is 2.48 bits per heavy atom. The predicted octanol–water partition coefficient (Wildman–Crippen LogP) is 3.50. The highest BCUT2D eigenvalue weighted by Crippen LogP contribution is 2.30. The summed E-state index contributed by atoms with van der Waals surface area (Å²) in [4.78, 5) is 3.82. The van der Waals surface area contributed by atoms with E-state index in [1.807, 2.05) is 0 Å². The second-order valence-corrected chi connectivity index (χ2v) is 4.28. The number of halogens is 6. The third-order valence-corrected chi connectivity index (χ3v) is 2.61. The van der Waals surface area contributed by atoms with Crippen LogP contribution in [0.5, 0.6) is 0 Å². The van der Waals surface area contributed by atoms with Gasteiger partial charge in [-0.3, -0.25) is 0 Å². The highest BCUT2D eigenvalue weighted by atomic mass is 19.4. The van der Waals surface area contributed by atoms with E-state index in [0.717, 1.165) is 10.6 Å². The van der Waals surface area contributed by atoms with Gasteiger partial charge in [0.2, 0.25) is 0 Å². The molecule has 0 amide bonds. The van der Waals surface area contributed by atoms with Gasteiger partial charge in [-0.25, -0.2) is 9.50 Å². The Labute approximate surface area is 114 Å². The number of hydrogen-bond acceptors (Lipinski definition) is 3. The zero-order valence-electron chi connectivity index (χ0n) is 10.5. The van der Waals surface area contributed by atoms with Gasteiger partial charge < -0.3 is 5.32 Å². The van der Waals surface area contributed by atoms with E-state index in [1.54, 1.807) is 0 Å². The Kier molecular flexibility index (Phi) is 3.97. The normalized spacial score (nSPS) is 12.9. The molecule has 0 aromatic carbocycles. The first-order valence-corrected chi connectivity index (χ1v) is 5.89. The molecular formula is C11H10F6N4. The van der Waals surface area contributed by atoms with Crippen LogP contribution in [0.4, 0.5) is 32.2 Å². The fourth-order valence-corrected chi connectivity index (χ4v) is 1.69. The molecule has 0 radical (unpaired) electrons. The van der Waals surface area contributed by atoms with Gasteiger partial charge >= 0.3 is 12.4 Å². The molecular weight excluding hydrogens is 302 g/mol. The summed E-state index contributed by atoms with van der Waals surface area (Å²) in [7, 11) is 0. The summed E-state index contributed by atoms with van der Waals surface area (Å²) in [5, 5.41) is 5.93. The molecule has 116 valence electrons. The lowest BCUT2D eigenvalue weighted by Gasteiger charge is -2.08. The molecule has 0 spiro atoms. The van der Waals surface area contributed by atoms with Crippen LogP contribution in [0.3, 0.4) is 0 Å². The van der Waals surface area contributed by atoms with Gasteiger partial charge in [0, 0.05) is 31.4 Å². The molecule has 0 fully saturated rings. The average Bonchev–Trinajstić information content (AvgIpc) is 2.77. The molecule has 0 bridgehead atoms. The third kappa shape index (κ3) is 3.99. The molecule has 0 unspecified atom stereocenters. The zero-order valence-corrected chi connectivity index (χ0v) is 10.5. The number of nitrogens with zero attached hydrogens (tertiary/aromatic N) is 3. The summed E-state index contributed by atoms with van der Waals surface area (Å²) in [5.41, 5.74) is -1.04. The number of rotatable bonds is 4. The molecule has 2 aromatic rings. The summed E-state index contributed by atoms with van der Waals surface area (Å²) in [6, 6.07) is 0.791. The standard InChI is InChI=1S/C11H10F6N4/c12-10(13,14)2-1-3-18-9-7-6-8(11(15,16)17)20-21(7)5-4-19-9/h4-6H,1-3H2,(H,18,19). The van der Waals surface area contributed by atoms with Crippen LogP contribution in [0.1, 0.15) is 18.5 Å². The van der Waals surface area contributed by atoms with E-state index in [4.69, 9.17) is 0 Å². The number of anilines is 1. The molecule has 4 nitrogen and oxygen atoms in total. The van der Waals surface area contributed by atoms with Crippen molar-refractivity contribution in [2.45, 2.75) is 25.2 Å². The molecule has 0 aliphatic carbocycles. The summed E-state index contributed by atoms with van der Waals surface area (Å²) in [6.45, 7) is -0.0568. The van der Waals surface area contributed by atoms with E-state index in [-0.39, 0.29) is 24.3 Å². The van der Waals surface area contributed by atoms with Gasteiger partial charge in [0.25, 0.3) is 0 Å². The molecule has 0 saturated heterocycles. The van der Waals surface area contributed by atoms with Crippen LogP contribution >= 0.6 is 0 Å². The molecule has 0 aliphatic rings. The first kappa shape index (κ1) is 15.4. The minimum Gasteiger partial charge on any atom is -0.368 e. The molecule has 2 aromatic heterocycles. The predicted molar refractivity (Wildman–Crippen MR) is 61.8 cm³/mol. The van der Waals surface area contributed by atoms with E-state index in [1.165, 1.54) is 12.4 Å². The van der Waals surface area contributed by atoms with Crippen molar-refractivity contribution in [3.05, 3.63) is 24.2 Å². The van der Waals surface area contributed by atoms with Crippen molar-refractivity contribution in [2.24, 2.45) is 0 Å². The Balaban J connectivity index is 2.11. The van der Waals surface area contributed by atoms with Gasteiger partial charge in [0.1, 0.15) is 5.52 Å². The fraction of sp³-hybridized carbons (Fsp3) is 0.455. The second kappa shape index (κ2) is 5.41. The van der Waals surface area contributed by atoms with E-state index in [9.17, 15) is 26.3 Å². The van der Waals surface area contributed by atoms with Gasteiger partial charge in [0.05, 0.1) is 0 Å². The Bertz CT molecular complexity index is 615. The van der Waals surface area contributed by atoms with Crippen molar-refractivity contribution in [3.8, 4) is 0 Å². The van der Waals surface area contributed by atoms with Crippen LogP contribution < -0.4 is 5.32 Å². The molecule has 2 heterocycles. The SMILES string of the molecule is FC(F)(F)CCCNc1nccn2nc(C(F)(F)F)cc12. The number of fused-ring (bicyclic) bond motifs is 1. The summed E-state index contributed by atoms with van der Waals surface area (Å²) < 4.78 is 74.6. The maximum Gasteiger partial charge on any atom is 0.435 e. The minimum absolute atomic E-state index is 0.0526. The summed E-state index contributed by atoms with van der Waals surface area (Å²) in [5.74, 6) is 0.0580. The maximum atomic E-state index is 12.6. The van der Waals surface area contributed by atoms with Gasteiger partial charge in [-0.2, -0.15) is 31.4 Å². The van der Waals surface area contributed by atoms with Crippen LogP contribution in [0.2, 0.25) is 0 Å². The molecule has 21 heavy (non-hydrogen) atoms. The van der Waals surface area contributed by atoms with Crippen molar-refractivity contribution in [1.29, 1.82) is 0 Å². The topological polar surface area (TPSA) is 42.2 Å². The number of alkyl halides is 6. The van der Waals surface area contributed by atoms with E-state index >= 15 is 0 Å². The van der Waals surface area contributed by atoms with Crippen LogP contribution in [0.25, 0.3) is 5.52 Å². The average molecular weight is 312 g/mol. The van der Waals surface area contributed by atoms with E-state index < -0.39 is 24.5 Å². The Morgan fingerprint density at radius 2 is 1.86 bits per heavy atom. The highest BCUT2D eigenvalue weighted by Gasteiger charge is 2.34. The lowest BCUT2D eigenvalue weighted by atomic mass is 10.3. The quantitative estimate of drug-likeness (QED) is 0.694. The first-order chi connectivity index (χ1) is 9.67. The van der Waals surface area contributed by atoms with E-state index in [0.29, 0.717) is 0 Å². The molecule has 10 heteroatoms. The second-order valence-electron chi connectivity index (χ2n) is 4.28. The number of aromatic nitrogens is 3. The number of hydrogen-bond donors (Lipinski definition) is 1. The highest BCUT2D eigenvalue weighted by molar-refractivity contribution is 5.67. The van der Waals surface area contributed by atoms with Crippen molar-refractivity contribution in [3.63, 3.8) is 0 Å². The van der Waals surface area contributed by atoms with Crippen LogP contribution in [0, 0.1) is 0 Å². The summed E-state index contributed by atoms with van der Waals surface area (Å²) >= 11 is 0. The van der Waals surface area contributed by atoms with Crippen molar-refractivity contribution < 1.29 is 26.3 Å². The lowest BCUT2D eigenvalue weighted by Crippen LogP contribution is -2.11. The Hall–Kier alpha value is -2.00.